The minimum absolute atomic E-state index is 0.792. The van der Waals surface area contributed by atoms with Gasteiger partial charge in [-0.15, -0.1) is 0 Å². The fourth-order valence-corrected chi connectivity index (χ4v) is 11.1. The van der Waals surface area contributed by atoms with Crippen LogP contribution in [0.25, 0.3) is 66.4 Å². The Kier molecular flexibility index (Phi) is 8.93. The maximum atomic E-state index is 17.4. The molecule has 54 heavy (non-hydrogen) atoms. The first kappa shape index (κ1) is 33.3. The van der Waals surface area contributed by atoms with E-state index in [9.17, 15) is 0 Å². The van der Waals surface area contributed by atoms with E-state index in [1.165, 1.54) is 0 Å². The van der Waals surface area contributed by atoms with Gasteiger partial charge in [-0.05, 0) is 55.3 Å². The SMILES string of the molecule is O=P(c1ccccc1)(c1ccccc1)c1c(-c2ccccc2)c(-c2ccccc2)c(-c2ccccc2)c(-c2ccccc2)c1-c1cccc2ccccc12. The number of rotatable bonds is 8. The topological polar surface area (TPSA) is 17.1 Å². The molecule has 0 saturated heterocycles. The van der Waals surface area contributed by atoms with Crippen molar-refractivity contribution in [3.8, 4) is 55.6 Å². The Morgan fingerprint density at radius 2 is 0.611 bits per heavy atom. The summed E-state index contributed by atoms with van der Waals surface area (Å²) in [5.41, 5.74) is 10.4. The summed E-state index contributed by atoms with van der Waals surface area (Å²) in [5.74, 6) is 0. The number of fused-ring (bicyclic) bond motifs is 1. The third kappa shape index (κ3) is 5.80. The Hall–Kier alpha value is -6.53. The Labute approximate surface area is 317 Å². The molecule has 2 heteroatoms. The molecule has 0 atom stereocenters. The van der Waals surface area contributed by atoms with Gasteiger partial charge in [-0.25, -0.2) is 0 Å². The highest BCUT2D eigenvalue weighted by molar-refractivity contribution is 7.85. The Morgan fingerprint density at radius 3 is 1.07 bits per heavy atom. The predicted molar refractivity (Wildman–Crippen MR) is 231 cm³/mol. The van der Waals surface area contributed by atoms with Gasteiger partial charge in [0.1, 0.15) is 0 Å². The standard InChI is InChI=1S/C52H37OP/c53-54(43-32-15-5-16-33-43,44-34-17-6-18-35-44)52-50(42-29-13-4-14-30-42)48(40-25-9-2-10-26-40)47(39-23-7-1-8-24-39)49(41-27-11-3-12-28-41)51(52)46-37-21-31-38-22-19-20-36-45(38)46/h1-37H. The molecule has 256 valence electrons. The van der Waals surface area contributed by atoms with Crippen molar-refractivity contribution in [3.05, 3.63) is 224 Å². The van der Waals surface area contributed by atoms with E-state index in [1.807, 2.05) is 60.7 Å². The van der Waals surface area contributed by atoms with E-state index in [0.717, 1.165) is 82.3 Å². The molecule has 0 aromatic heterocycles. The summed E-state index contributed by atoms with van der Waals surface area (Å²) in [7, 11) is -3.67. The molecule has 0 fully saturated rings. The van der Waals surface area contributed by atoms with Crippen molar-refractivity contribution in [1.82, 2.24) is 0 Å². The second-order valence-electron chi connectivity index (χ2n) is 13.5. The zero-order valence-corrected chi connectivity index (χ0v) is 30.6. The molecule has 0 aliphatic heterocycles. The lowest BCUT2D eigenvalue weighted by Crippen LogP contribution is -2.29. The van der Waals surface area contributed by atoms with Crippen LogP contribution in [0.3, 0.4) is 0 Å². The van der Waals surface area contributed by atoms with Crippen molar-refractivity contribution in [2.45, 2.75) is 0 Å². The fraction of sp³-hybridized carbons (Fsp3) is 0. The van der Waals surface area contributed by atoms with Gasteiger partial charge < -0.3 is 4.57 Å². The summed E-state index contributed by atoms with van der Waals surface area (Å²) in [6.07, 6.45) is 0. The van der Waals surface area contributed by atoms with Crippen molar-refractivity contribution in [3.63, 3.8) is 0 Å². The lowest BCUT2D eigenvalue weighted by molar-refractivity contribution is 0.592. The molecule has 0 bridgehead atoms. The van der Waals surface area contributed by atoms with Crippen LogP contribution < -0.4 is 15.9 Å². The van der Waals surface area contributed by atoms with Crippen molar-refractivity contribution in [2.24, 2.45) is 0 Å². The highest BCUT2D eigenvalue weighted by Gasteiger charge is 2.40. The van der Waals surface area contributed by atoms with Crippen LogP contribution in [0.5, 0.6) is 0 Å². The quantitative estimate of drug-likeness (QED) is 0.144. The van der Waals surface area contributed by atoms with Gasteiger partial charge in [0.25, 0.3) is 0 Å². The van der Waals surface area contributed by atoms with Gasteiger partial charge in [0, 0.05) is 27.0 Å². The second-order valence-corrected chi connectivity index (χ2v) is 16.2. The number of hydrogen-bond donors (Lipinski definition) is 0. The zero-order valence-electron chi connectivity index (χ0n) is 29.7. The summed E-state index contributed by atoms with van der Waals surface area (Å²) in [6.45, 7) is 0. The Balaban J connectivity index is 1.66. The Morgan fingerprint density at radius 1 is 0.278 bits per heavy atom. The average molecular weight is 709 g/mol. The molecule has 0 radical (unpaired) electrons. The Bertz CT molecular complexity index is 2700. The number of benzene rings is 9. The minimum Gasteiger partial charge on any atom is -0.309 e. The maximum absolute atomic E-state index is 17.4. The number of hydrogen-bond acceptors (Lipinski definition) is 1. The molecule has 0 aliphatic rings. The first-order chi connectivity index (χ1) is 26.7. The van der Waals surface area contributed by atoms with Gasteiger partial charge in [-0.2, -0.15) is 0 Å². The van der Waals surface area contributed by atoms with E-state index in [0.29, 0.717) is 0 Å². The van der Waals surface area contributed by atoms with Gasteiger partial charge in [-0.3, -0.25) is 0 Å². The molecule has 0 heterocycles. The van der Waals surface area contributed by atoms with E-state index >= 15 is 4.57 Å². The van der Waals surface area contributed by atoms with Gasteiger partial charge in [-0.1, -0.05) is 224 Å². The van der Waals surface area contributed by atoms with E-state index < -0.39 is 7.14 Å². The van der Waals surface area contributed by atoms with Crippen molar-refractivity contribution in [2.75, 3.05) is 0 Å². The normalized spacial score (nSPS) is 11.4. The molecule has 0 amide bonds. The molecule has 0 spiro atoms. The zero-order chi connectivity index (χ0) is 36.3. The lowest BCUT2D eigenvalue weighted by Gasteiger charge is -2.33. The monoisotopic (exact) mass is 708 g/mol. The van der Waals surface area contributed by atoms with E-state index in [2.05, 4.69) is 164 Å². The van der Waals surface area contributed by atoms with Crippen LogP contribution in [-0.4, -0.2) is 0 Å². The van der Waals surface area contributed by atoms with Crippen LogP contribution >= 0.6 is 7.14 Å². The lowest BCUT2D eigenvalue weighted by atomic mass is 9.78. The van der Waals surface area contributed by atoms with Gasteiger partial charge in [0.05, 0.1) is 0 Å². The van der Waals surface area contributed by atoms with Crippen LogP contribution in [0.2, 0.25) is 0 Å². The molecule has 0 unspecified atom stereocenters. The summed E-state index contributed by atoms with van der Waals surface area (Å²) in [4.78, 5) is 0. The minimum atomic E-state index is -3.67. The molecular weight excluding hydrogens is 672 g/mol. The highest BCUT2D eigenvalue weighted by atomic mass is 31.2. The molecule has 9 rings (SSSR count). The first-order valence-electron chi connectivity index (χ1n) is 18.4. The van der Waals surface area contributed by atoms with E-state index in [1.54, 1.807) is 0 Å². The average Bonchev–Trinajstić information content (AvgIpc) is 3.27. The molecule has 0 aliphatic carbocycles. The van der Waals surface area contributed by atoms with Crippen LogP contribution in [0.4, 0.5) is 0 Å². The molecular formula is C52H37OP. The summed E-state index contributed by atoms with van der Waals surface area (Å²) in [6, 6.07) is 78.0. The van der Waals surface area contributed by atoms with Crippen LogP contribution in [-0.2, 0) is 4.57 Å². The molecule has 0 N–H and O–H groups in total. The fourth-order valence-electron chi connectivity index (χ4n) is 8.01. The molecule has 0 saturated carbocycles. The first-order valence-corrected chi connectivity index (χ1v) is 20.1. The maximum Gasteiger partial charge on any atom is 0.172 e. The summed E-state index contributed by atoms with van der Waals surface area (Å²) in [5, 5.41) is 4.65. The van der Waals surface area contributed by atoms with Crippen LogP contribution in [0, 0.1) is 0 Å². The summed E-state index contributed by atoms with van der Waals surface area (Å²) >= 11 is 0. The smallest absolute Gasteiger partial charge is 0.172 e. The second kappa shape index (κ2) is 14.5. The predicted octanol–water partition coefficient (Wildman–Crippen LogP) is 12.8. The molecule has 9 aromatic carbocycles. The molecule has 9 aromatic rings. The van der Waals surface area contributed by atoms with E-state index in [-0.39, 0.29) is 0 Å². The van der Waals surface area contributed by atoms with Crippen LogP contribution in [0.1, 0.15) is 0 Å². The van der Waals surface area contributed by atoms with Crippen molar-refractivity contribution < 1.29 is 4.57 Å². The highest BCUT2D eigenvalue weighted by Crippen LogP contribution is 2.57. The van der Waals surface area contributed by atoms with Crippen molar-refractivity contribution >= 4 is 33.8 Å². The van der Waals surface area contributed by atoms with E-state index in [4.69, 9.17) is 0 Å². The largest absolute Gasteiger partial charge is 0.309 e. The van der Waals surface area contributed by atoms with Gasteiger partial charge in [0.2, 0.25) is 0 Å². The van der Waals surface area contributed by atoms with Crippen LogP contribution in [0.15, 0.2) is 224 Å². The third-order valence-electron chi connectivity index (χ3n) is 10.3. The summed E-state index contributed by atoms with van der Waals surface area (Å²) < 4.78 is 17.4. The van der Waals surface area contributed by atoms with Crippen molar-refractivity contribution in [1.29, 1.82) is 0 Å². The van der Waals surface area contributed by atoms with Gasteiger partial charge >= 0.3 is 0 Å². The van der Waals surface area contributed by atoms with Gasteiger partial charge in [0.15, 0.2) is 7.14 Å². The third-order valence-corrected chi connectivity index (χ3v) is 13.5. The molecule has 1 nitrogen and oxygen atoms in total.